The van der Waals surface area contributed by atoms with Crippen molar-refractivity contribution in [1.82, 2.24) is 15.0 Å². The van der Waals surface area contributed by atoms with Crippen LogP contribution in [-0.2, 0) is 10.8 Å². The van der Waals surface area contributed by atoms with Gasteiger partial charge in [0.15, 0.2) is 17.5 Å². The van der Waals surface area contributed by atoms with Crippen LogP contribution in [0.3, 0.4) is 0 Å². The Hall–Kier alpha value is -6.65. The Bertz CT molecular complexity index is 2990. The van der Waals surface area contributed by atoms with Gasteiger partial charge in [0.1, 0.15) is 11.5 Å². The van der Waals surface area contributed by atoms with Gasteiger partial charge in [0.05, 0.1) is 5.41 Å². The largest absolute Gasteiger partial charge is 0.457 e. The Labute approximate surface area is 363 Å². The lowest BCUT2D eigenvalue weighted by atomic mass is 9.53. The van der Waals surface area contributed by atoms with Gasteiger partial charge in [-0.05, 0) is 131 Å². The molecule has 0 amide bonds. The average molecular weight is 802 g/mol. The van der Waals surface area contributed by atoms with E-state index in [0.717, 1.165) is 68.2 Å². The van der Waals surface area contributed by atoms with Crippen LogP contribution in [0, 0.1) is 17.8 Å². The van der Waals surface area contributed by atoms with E-state index < -0.39 is 5.41 Å². The lowest BCUT2D eigenvalue weighted by Crippen LogP contribution is -2.42. The molecule has 7 aromatic carbocycles. The van der Waals surface area contributed by atoms with Crippen molar-refractivity contribution in [2.45, 2.75) is 62.2 Å². The van der Waals surface area contributed by atoms with Gasteiger partial charge in [0.25, 0.3) is 0 Å². The lowest BCUT2D eigenvalue weighted by molar-refractivity contribution is 0.0449. The van der Waals surface area contributed by atoms with Gasteiger partial charge in [-0.3, -0.25) is 0 Å². The molecule has 4 bridgehead atoms. The number of rotatable bonds is 5. The first-order valence-corrected chi connectivity index (χ1v) is 22.8. The Morgan fingerprint density at radius 1 is 0.419 bits per heavy atom. The number of nitrogens with zero attached hydrogens (tertiary/aromatic N) is 3. The Kier molecular flexibility index (Phi) is 8.10. The highest BCUT2D eigenvalue weighted by Crippen LogP contribution is 2.62. The molecule has 1 unspecified atom stereocenters. The van der Waals surface area contributed by atoms with E-state index in [0.29, 0.717) is 22.9 Å². The van der Waals surface area contributed by atoms with Crippen molar-refractivity contribution in [3.63, 3.8) is 0 Å². The molecule has 4 fully saturated rings. The van der Waals surface area contributed by atoms with Crippen LogP contribution in [0.1, 0.15) is 79.2 Å². The molecule has 0 N–H and O–H groups in total. The highest BCUT2D eigenvalue weighted by Gasteiger charge is 2.51. The first-order chi connectivity index (χ1) is 30.6. The normalized spacial score (nSPS) is 22.2. The van der Waals surface area contributed by atoms with Gasteiger partial charge in [0, 0.05) is 27.8 Å². The van der Waals surface area contributed by atoms with Gasteiger partial charge < -0.3 is 4.74 Å². The van der Waals surface area contributed by atoms with Gasteiger partial charge >= 0.3 is 0 Å². The Balaban J connectivity index is 0.976. The van der Waals surface area contributed by atoms with Gasteiger partial charge in [-0.25, -0.2) is 15.0 Å². The van der Waals surface area contributed by atoms with Crippen molar-refractivity contribution in [2.24, 2.45) is 17.8 Å². The molecule has 6 aliphatic rings. The highest BCUT2D eigenvalue weighted by molar-refractivity contribution is 5.89. The fourth-order valence-corrected chi connectivity index (χ4v) is 12.7. The summed E-state index contributed by atoms with van der Waals surface area (Å²) >= 11 is 0. The summed E-state index contributed by atoms with van der Waals surface area (Å²) in [5, 5.41) is 0. The van der Waals surface area contributed by atoms with Gasteiger partial charge in [-0.15, -0.1) is 0 Å². The summed E-state index contributed by atoms with van der Waals surface area (Å²) in [4.78, 5) is 16.0. The van der Waals surface area contributed by atoms with E-state index >= 15 is 0 Å². The molecule has 4 nitrogen and oxygen atoms in total. The predicted octanol–water partition coefficient (Wildman–Crippen LogP) is 14.3. The quantitative estimate of drug-likeness (QED) is 0.174. The Morgan fingerprint density at radius 3 is 1.74 bits per heavy atom. The number of ether oxygens (including phenoxy) is 1. The summed E-state index contributed by atoms with van der Waals surface area (Å²) in [5.41, 5.74) is 13.7. The van der Waals surface area contributed by atoms with E-state index in [-0.39, 0.29) is 0 Å². The van der Waals surface area contributed by atoms with Crippen LogP contribution in [0.5, 0.6) is 11.5 Å². The monoisotopic (exact) mass is 801 g/mol. The molecule has 62 heavy (non-hydrogen) atoms. The SMILES string of the molecule is c1ccc(-c2cccc(-c3nc(-c4ccc(C56CCC[C@@H](CC7CC(C7)C5)C6)cc4)nc(-c4ccc5c(c4)C4(c6ccccc6O5)c5ccccc5-c5ccccc54)n3)c2)cc1. The molecule has 14 rings (SSSR count). The molecule has 1 aromatic heterocycles. The standard InChI is InChI=1S/C58H47N3O/c1-2-13-40(14-3-1)42-15-10-16-43(33-42)55-59-54(41-23-26-45(27-24-41)57-29-11-12-37(35-57)30-38-31-39(32-38)36-57)60-56(61-55)44-25-28-53-51(34-44)58(50-21-8-9-22-52(50)62-53)48-19-6-4-17-46(48)47-18-5-7-20-49(47)58/h1-10,13-28,33-34,37-39H,11-12,29-32,35-36H2/t37-,38?,39?,57?/m0/s1. The van der Waals surface area contributed by atoms with Crippen molar-refractivity contribution in [3.8, 4) is 67.9 Å². The van der Waals surface area contributed by atoms with Gasteiger partial charge in [-0.1, -0.05) is 152 Å². The third kappa shape index (κ3) is 5.55. The second kappa shape index (κ2) is 13.9. The summed E-state index contributed by atoms with van der Waals surface area (Å²) in [7, 11) is 0. The number of hydrogen-bond acceptors (Lipinski definition) is 4. The molecule has 1 aliphatic heterocycles. The minimum absolute atomic E-state index is 0.294. The van der Waals surface area contributed by atoms with E-state index in [2.05, 4.69) is 170 Å². The maximum absolute atomic E-state index is 6.79. The maximum Gasteiger partial charge on any atom is 0.164 e. The number of hydrogen-bond donors (Lipinski definition) is 0. The van der Waals surface area contributed by atoms with Crippen LogP contribution in [0.15, 0.2) is 170 Å². The van der Waals surface area contributed by atoms with Crippen molar-refractivity contribution in [3.05, 3.63) is 198 Å². The highest BCUT2D eigenvalue weighted by atomic mass is 16.5. The minimum Gasteiger partial charge on any atom is -0.457 e. The summed E-state index contributed by atoms with van der Waals surface area (Å²) in [6, 6.07) is 61.4. The van der Waals surface area contributed by atoms with Crippen LogP contribution in [-0.4, -0.2) is 15.0 Å². The average Bonchev–Trinajstić information content (AvgIpc) is 3.61. The van der Waals surface area contributed by atoms with Crippen LogP contribution in [0.4, 0.5) is 0 Å². The fraction of sp³-hybridized carbons (Fsp3) is 0.224. The second-order valence-corrected chi connectivity index (χ2v) is 18.9. The van der Waals surface area contributed by atoms with E-state index in [1.807, 2.05) is 0 Å². The summed E-state index contributed by atoms with van der Waals surface area (Å²) in [6.07, 6.45) is 11.1. The van der Waals surface area contributed by atoms with Crippen LogP contribution in [0.2, 0.25) is 0 Å². The predicted molar refractivity (Wildman–Crippen MR) is 248 cm³/mol. The third-order valence-electron chi connectivity index (χ3n) is 15.4. The molecular formula is C58H47N3O. The maximum atomic E-state index is 6.79. The fourth-order valence-electron chi connectivity index (χ4n) is 12.7. The van der Waals surface area contributed by atoms with E-state index in [4.69, 9.17) is 19.7 Å². The molecule has 4 saturated carbocycles. The van der Waals surface area contributed by atoms with Crippen LogP contribution in [0.25, 0.3) is 56.4 Å². The van der Waals surface area contributed by atoms with Crippen LogP contribution >= 0.6 is 0 Å². The molecule has 2 atom stereocenters. The molecule has 4 heteroatoms. The first-order valence-electron chi connectivity index (χ1n) is 22.8. The van der Waals surface area contributed by atoms with E-state index in [1.165, 1.54) is 79.2 Å². The second-order valence-electron chi connectivity index (χ2n) is 18.9. The van der Waals surface area contributed by atoms with E-state index in [1.54, 1.807) is 0 Å². The molecule has 1 spiro atoms. The number of aromatic nitrogens is 3. The zero-order valence-corrected chi connectivity index (χ0v) is 34.8. The summed E-state index contributed by atoms with van der Waals surface area (Å²) < 4.78 is 6.79. The number of fused-ring (bicyclic) bond motifs is 9. The molecule has 0 saturated heterocycles. The summed E-state index contributed by atoms with van der Waals surface area (Å²) in [6.45, 7) is 0. The van der Waals surface area contributed by atoms with E-state index in [9.17, 15) is 0 Å². The number of benzene rings is 7. The molecule has 0 radical (unpaired) electrons. The summed E-state index contributed by atoms with van der Waals surface area (Å²) in [5.74, 6) is 6.45. The molecule has 5 aliphatic carbocycles. The molecular weight excluding hydrogens is 755 g/mol. The molecule has 300 valence electrons. The molecule has 8 aromatic rings. The molecule has 2 heterocycles. The minimum atomic E-state index is -0.582. The number of para-hydroxylation sites is 1. The van der Waals surface area contributed by atoms with Gasteiger partial charge in [-0.2, -0.15) is 0 Å². The Morgan fingerprint density at radius 2 is 0.984 bits per heavy atom. The first kappa shape index (κ1) is 36.0. The lowest BCUT2D eigenvalue weighted by Gasteiger charge is -2.52. The topological polar surface area (TPSA) is 47.9 Å². The van der Waals surface area contributed by atoms with Crippen molar-refractivity contribution in [1.29, 1.82) is 0 Å². The van der Waals surface area contributed by atoms with Crippen molar-refractivity contribution < 1.29 is 4.74 Å². The third-order valence-corrected chi connectivity index (χ3v) is 15.4. The van der Waals surface area contributed by atoms with Crippen molar-refractivity contribution in [2.75, 3.05) is 0 Å². The smallest absolute Gasteiger partial charge is 0.164 e. The van der Waals surface area contributed by atoms with Crippen LogP contribution < -0.4 is 4.74 Å². The zero-order valence-electron chi connectivity index (χ0n) is 34.8. The van der Waals surface area contributed by atoms with Crippen molar-refractivity contribution >= 4 is 0 Å². The zero-order chi connectivity index (χ0) is 40.8. The van der Waals surface area contributed by atoms with Gasteiger partial charge in [0.2, 0.25) is 0 Å².